The first-order valence-electron chi connectivity index (χ1n) is 11.2. The van der Waals surface area contributed by atoms with Crippen LogP contribution in [0.4, 0.5) is 5.69 Å². The number of carbonyl (C=O) groups is 3. The maximum Gasteiger partial charge on any atom is 0.317 e. The molecule has 0 aliphatic heterocycles. The lowest BCUT2D eigenvalue weighted by Crippen LogP contribution is -2.55. The van der Waals surface area contributed by atoms with E-state index < -0.39 is 47.5 Å². The first-order valence-corrected chi connectivity index (χ1v) is 11.2. The molecule has 0 aromatic heterocycles. The molecule has 2 aromatic rings. The molecular weight excluding hydrogens is 422 g/mol. The summed E-state index contributed by atoms with van der Waals surface area (Å²) in [7, 11) is 3.80. The van der Waals surface area contributed by atoms with E-state index in [9.17, 15) is 19.5 Å². The van der Waals surface area contributed by atoms with Crippen LogP contribution in [0.25, 0.3) is 0 Å². The van der Waals surface area contributed by atoms with Crippen LogP contribution in [0.15, 0.2) is 54.6 Å². The van der Waals surface area contributed by atoms with Gasteiger partial charge in [-0.3, -0.25) is 14.4 Å². The van der Waals surface area contributed by atoms with Gasteiger partial charge >= 0.3 is 11.9 Å². The predicted octanol–water partition coefficient (Wildman–Crippen LogP) is 3.06. The minimum absolute atomic E-state index is 0.0991. The summed E-state index contributed by atoms with van der Waals surface area (Å²) in [5.74, 6) is -5.19. The number of Topliss-reactive ketones (excluding diaryl/α,β-unsaturated/α-hetero) is 1. The van der Waals surface area contributed by atoms with Crippen molar-refractivity contribution in [3.63, 3.8) is 0 Å². The molecule has 7 heteroatoms. The summed E-state index contributed by atoms with van der Waals surface area (Å²) >= 11 is 0. The van der Waals surface area contributed by atoms with Crippen LogP contribution >= 0.6 is 0 Å². The van der Waals surface area contributed by atoms with Crippen molar-refractivity contribution in [1.82, 2.24) is 0 Å². The molecule has 0 heterocycles. The summed E-state index contributed by atoms with van der Waals surface area (Å²) < 4.78 is 10.6. The fourth-order valence-electron chi connectivity index (χ4n) is 4.65. The minimum Gasteiger partial charge on any atom is -0.466 e. The second kappa shape index (κ2) is 10.2. The van der Waals surface area contributed by atoms with Crippen LogP contribution in [0, 0.1) is 11.8 Å². The van der Waals surface area contributed by atoms with Crippen LogP contribution in [0.2, 0.25) is 0 Å². The predicted molar refractivity (Wildman–Crippen MR) is 124 cm³/mol. The number of ketones is 1. The highest BCUT2D eigenvalue weighted by atomic mass is 16.5. The van der Waals surface area contributed by atoms with Crippen molar-refractivity contribution in [2.24, 2.45) is 11.8 Å². The Morgan fingerprint density at radius 1 is 0.970 bits per heavy atom. The number of carbonyl (C=O) groups excluding carboxylic acids is 3. The Bertz CT molecular complexity index is 988. The number of esters is 2. The Morgan fingerprint density at radius 2 is 1.55 bits per heavy atom. The molecule has 0 unspecified atom stereocenters. The first-order chi connectivity index (χ1) is 15.7. The summed E-state index contributed by atoms with van der Waals surface area (Å²) in [4.78, 5) is 41.6. The van der Waals surface area contributed by atoms with Gasteiger partial charge in [-0.15, -0.1) is 0 Å². The zero-order chi connectivity index (χ0) is 24.2. The number of rotatable bonds is 7. The van der Waals surface area contributed by atoms with E-state index in [1.807, 2.05) is 31.1 Å². The van der Waals surface area contributed by atoms with Crippen molar-refractivity contribution in [1.29, 1.82) is 0 Å². The number of nitrogens with zero attached hydrogens (tertiary/aromatic N) is 1. The van der Waals surface area contributed by atoms with Gasteiger partial charge in [0.15, 0.2) is 5.78 Å². The molecule has 33 heavy (non-hydrogen) atoms. The van der Waals surface area contributed by atoms with Crippen molar-refractivity contribution in [2.75, 3.05) is 32.2 Å². The van der Waals surface area contributed by atoms with Crippen LogP contribution < -0.4 is 4.90 Å². The minimum atomic E-state index is -1.83. The number of hydrogen-bond acceptors (Lipinski definition) is 7. The zero-order valence-corrected chi connectivity index (χ0v) is 19.5. The largest absolute Gasteiger partial charge is 0.466 e. The Morgan fingerprint density at radius 3 is 2.09 bits per heavy atom. The van der Waals surface area contributed by atoms with Gasteiger partial charge in [0, 0.05) is 32.1 Å². The highest BCUT2D eigenvalue weighted by Crippen LogP contribution is 2.51. The number of aliphatic hydroxyl groups is 1. The van der Waals surface area contributed by atoms with Gasteiger partial charge in [0.25, 0.3) is 0 Å². The fourth-order valence-corrected chi connectivity index (χ4v) is 4.65. The van der Waals surface area contributed by atoms with Crippen LogP contribution in [0.3, 0.4) is 0 Å². The van der Waals surface area contributed by atoms with Crippen molar-refractivity contribution in [3.8, 4) is 0 Å². The Kier molecular flexibility index (Phi) is 7.53. The standard InChI is InChI=1S/C26H31NO6/c1-5-32-24(29)22-20(28)16-26(31,18-10-8-7-9-11-18)23(25(30)33-6-2)21(22)17-12-14-19(15-13-17)27(3)4/h7-15,21-23,31H,5-6,16H2,1-4H3/t21-,22-,23+,26+/m0/s1. The molecule has 0 saturated heterocycles. The van der Waals surface area contributed by atoms with E-state index >= 15 is 0 Å². The summed E-state index contributed by atoms with van der Waals surface area (Å²) in [5.41, 5.74) is 0.0886. The van der Waals surface area contributed by atoms with Gasteiger partial charge < -0.3 is 19.5 Å². The van der Waals surface area contributed by atoms with Crippen LogP contribution in [-0.2, 0) is 29.5 Å². The lowest BCUT2D eigenvalue weighted by atomic mass is 9.59. The lowest BCUT2D eigenvalue weighted by Gasteiger charge is -2.45. The molecule has 176 valence electrons. The van der Waals surface area contributed by atoms with Gasteiger partial charge in [-0.1, -0.05) is 42.5 Å². The fraction of sp³-hybridized carbons (Fsp3) is 0.423. The number of hydrogen-bond donors (Lipinski definition) is 1. The highest BCUT2D eigenvalue weighted by Gasteiger charge is 2.59. The second-order valence-electron chi connectivity index (χ2n) is 8.40. The molecular formula is C26H31NO6. The molecule has 0 radical (unpaired) electrons. The highest BCUT2D eigenvalue weighted by molar-refractivity contribution is 6.03. The molecule has 3 rings (SSSR count). The molecule has 0 amide bonds. The van der Waals surface area contributed by atoms with Crippen LogP contribution in [0.5, 0.6) is 0 Å². The van der Waals surface area contributed by atoms with Crippen molar-refractivity contribution < 1.29 is 29.0 Å². The Labute approximate surface area is 194 Å². The van der Waals surface area contributed by atoms with E-state index in [4.69, 9.17) is 9.47 Å². The van der Waals surface area contributed by atoms with Gasteiger partial charge in [-0.2, -0.15) is 0 Å². The van der Waals surface area contributed by atoms with Crippen LogP contribution in [-0.4, -0.2) is 50.1 Å². The molecule has 0 spiro atoms. The van der Waals surface area contributed by atoms with Crippen molar-refractivity contribution in [2.45, 2.75) is 31.8 Å². The monoisotopic (exact) mass is 453 g/mol. The van der Waals surface area contributed by atoms with E-state index in [-0.39, 0.29) is 13.2 Å². The second-order valence-corrected chi connectivity index (χ2v) is 8.40. The quantitative estimate of drug-likeness (QED) is 0.509. The Balaban J connectivity index is 2.23. The molecule has 7 nitrogen and oxygen atoms in total. The molecule has 1 N–H and O–H groups in total. The van der Waals surface area contributed by atoms with E-state index in [0.29, 0.717) is 11.1 Å². The summed E-state index contributed by atoms with van der Waals surface area (Å²) in [6, 6.07) is 15.9. The summed E-state index contributed by atoms with van der Waals surface area (Å²) in [5, 5.41) is 11.9. The molecule has 1 saturated carbocycles. The van der Waals surface area contributed by atoms with E-state index in [1.165, 1.54) is 0 Å². The van der Waals surface area contributed by atoms with Crippen LogP contribution in [0.1, 0.15) is 37.3 Å². The maximum atomic E-state index is 13.4. The van der Waals surface area contributed by atoms with Gasteiger partial charge in [-0.05, 0) is 37.1 Å². The van der Waals surface area contributed by atoms with Crippen molar-refractivity contribution in [3.05, 3.63) is 65.7 Å². The molecule has 2 aromatic carbocycles. The molecule has 4 atom stereocenters. The van der Waals surface area contributed by atoms with E-state index in [0.717, 1.165) is 5.69 Å². The van der Waals surface area contributed by atoms with E-state index in [1.54, 1.807) is 56.3 Å². The molecule has 0 bridgehead atoms. The third kappa shape index (κ3) is 4.78. The van der Waals surface area contributed by atoms with E-state index in [2.05, 4.69) is 0 Å². The average Bonchev–Trinajstić information content (AvgIpc) is 2.79. The zero-order valence-electron chi connectivity index (χ0n) is 19.5. The summed E-state index contributed by atoms with van der Waals surface area (Å²) in [6.07, 6.45) is -0.393. The van der Waals surface area contributed by atoms with Gasteiger partial charge in [0.1, 0.15) is 11.5 Å². The number of benzene rings is 2. The SMILES string of the molecule is CCOC(=O)[C@H]1C(=O)C[C@@](O)(c2ccccc2)[C@@H](C(=O)OCC)[C@H]1c1ccc(N(C)C)cc1. The summed E-state index contributed by atoms with van der Waals surface area (Å²) in [6.45, 7) is 3.54. The van der Waals surface area contributed by atoms with Gasteiger partial charge in [0.2, 0.25) is 0 Å². The topological polar surface area (TPSA) is 93.1 Å². The van der Waals surface area contributed by atoms with Gasteiger partial charge in [-0.25, -0.2) is 0 Å². The Hall–Kier alpha value is -3.19. The maximum absolute atomic E-state index is 13.4. The third-order valence-corrected chi connectivity index (χ3v) is 6.17. The number of ether oxygens (including phenoxy) is 2. The molecule has 1 aliphatic carbocycles. The normalized spacial score (nSPS) is 24.8. The smallest absolute Gasteiger partial charge is 0.317 e. The van der Waals surface area contributed by atoms with Crippen molar-refractivity contribution >= 4 is 23.4 Å². The first kappa shape index (κ1) is 24.5. The molecule has 1 aliphatic rings. The average molecular weight is 454 g/mol. The lowest BCUT2D eigenvalue weighted by molar-refractivity contribution is -0.176. The molecule has 1 fully saturated rings. The number of anilines is 1. The third-order valence-electron chi connectivity index (χ3n) is 6.17. The van der Waals surface area contributed by atoms with Gasteiger partial charge in [0.05, 0.1) is 19.1 Å².